The summed E-state index contributed by atoms with van der Waals surface area (Å²) in [7, 11) is 1.90. The highest BCUT2D eigenvalue weighted by atomic mass is 16.5. The SMILES string of the molecule is CCCCC1C=C[C-](CCc2ccc(O)c(OC[C@H](NC)C3=C[C+](C(C)C)C=N3)c2)[OH+]1. The van der Waals surface area contributed by atoms with Crippen molar-refractivity contribution in [2.75, 3.05) is 13.7 Å². The molecule has 0 saturated heterocycles. The van der Waals surface area contributed by atoms with Gasteiger partial charge in [-0.3, -0.25) is 5.32 Å². The van der Waals surface area contributed by atoms with E-state index in [0.717, 1.165) is 36.6 Å². The van der Waals surface area contributed by atoms with E-state index in [1.807, 2.05) is 25.4 Å². The van der Waals surface area contributed by atoms with Gasteiger partial charge in [0, 0.05) is 12.3 Å². The van der Waals surface area contributed by atoms with Gasteiger partial charge in [0.25, 0.3) is 0 Å². The van der Waals surface area contributed by atoms with Gasteiger partial charge in [0.05, 0.1) is 6.10 Å². The van der Waals surface area contributed by atoms with Crippen LogP contribution in [0, 0.1) is 17.9 Å². The minimum absolute atomic E-state index is 0.0337. The van der Waals surface area contributed by atoms with Crippen LogP contribution in [0.1, 0.15) is 52.0 Å². The average molecular weight is 426 g/mol. The standard InChI is InChI=1S/C26H36N2O3/c1-5-6-7-21-11-12-22(31-21)10-8-19-9-13-25(29)26(14-19)30-17-24(27-4)23-15-20(16-28-23)18(2)3/h9,11-16,18,21,24,27,31H,5-8,10,17H2,1-4H3/p+1/t21?,24-/m0/s1. The smallest absolute Gasteiger partial charge is 0.196 e. The highest BCUT2D eigenvalue weighted by Crippen LogP contribution is 2.30. The van der Waals surface area contributed by atoms with Gasteiger partial charge in [0.1, 0.15) is 30.9 Å². The maximum atomic E-state index is 10.3. The molecule has 0 amide bonds. The second-order valence-electron chi connectivity index (χ2n) is 8.63. The van der Waals surface area contributed by atoms with Crippen molar-refractivity contribution >= 4 is 6.21 Å². The van der Waals surface area contributed by atoms with E-state index in [1.165, 1.54) is 18.8 Å². The Morgan fingerprint density at radius 3 is 2.90 bits per heavy atom. The number of phenolic OH excluding ortho intramolecular Hbond substituents is 1. The molecular weight excluding hydrogens is 388 g/mol. The van der Waals surface area contributed by atoms with E-state index < -0.39 is 0 Å². The van der Waals surface area contributed by atoms with Crippen LogP contribution in [0.25, 0.3) is 0 Å². The van der Waals surface area contributed by atoms with Crippen LogP contribution in [0.3, 0.4) is 0 Å². The van der Waals surface area contributed by atoms with Gasteiger partial charge >= 0.3 is 0 Å². The Kier molecular flexibility index (Phi) is 8.50. The maximum Gasteiger partial charge on any atom is 0.196 e. The van der Waals surface area contributed by atoms with E-state index in [4.69, 9.17) is 9.47 Å². The second-order valence-corrected chi connectivity index (χ2v) is 8.63. The molecule has 0 aromatic heterocycles. The molecule has 2 atom stereocenters. The largest absolute Gasteiger partial charge is 0.504 e. The summed E-state index contributed by atoms with van der Waals surface area (Å²) in [5.74, 6) is 2.34. The monoisotopic (exact) mass is 425 g/mol. The Morgan fingerprint density at radius 1 is 1.35 bits per heavy atom. The summed E-state index contributed by atoms with van der Waals surface area (Å²) >= 11 is 0. The van der Waals surface area contributed by atoms with Crippen molar-refractivity contribution in [3.8, 4) is 11.5 Å². The van der Waals surface area contributed by atoms with Gasteiger partial charge in [0.2, 0.25) is 0 Å². The summed E-state index contributed by atoms with van der Waals surface area (Å²) < 4.78 is 10.8. The van der Waals surface area contributed by atoms with E-state index >= 15 is 0 Å². The molecule has 2 heterocycles. The molecule has 5 heteroatoms. The third kappa shape index (κ3) is 6.55. The van der Waals surface area contributed by atoms with E-state index in [9.17, 15) is 5.11 Å². The number of nitrogens with one attached hydrogen (secondary N) is 1. The number of aryl methyl sites for hydroxylation is 1. The van der Waals surface area contributed by atoms with Crippen molar-refractivity contribution < 1.29 is 14.6 Å². The number of allylic oxidation sites excluding steroid dienone is 1. The molecule has 0 spiro atoms. The van der Waals surface area contributed by atoms with Gasteiger partial charge in [-0.05, 0) is 57.9 Å². The fourth-order valence-corrected chi connectivity index (χ4v) is 3.74. The molecule has 1 aromatic rings. The lowest BCUT2D eigenvalue weighted by Crippen LogP contribution is -2.32. The number of nitrogens with zero attached hydrogens (tertiary/aromatic N) is 1. The lowest BCUT2D eigenvalue weighted by molar-refractivity contribution is -0.0480. The highest BCUT2D eigenvalue weighted by Gasteiger charge is 2.30. The number of likely N-dealkylation sites (N-methyl/N-ethyl adjacent to an activating group) is 1. The second kappa shape index (κ2) is 11.3. The third-order valence-electron chi connectivity index (χ3n) is 5.84. The van der Waals surface area contributed by atoms with E-state index in [2.05, 4.69) is 49.3 Å². The first-order valence-corrected chi connectivity index (χ1v) is 11.5. The van der Waals surface area contributed by atoms with Crippen LogP contribution < -0.4 is 10.1 Å². The first-order chi connectivity index (χ1) is 15.0. The molecule has 1 unspecified atom stereocenters. The number of hydrogen-bond donors (Lipinski definition) is 2. The summed E-state index contributed by atoms with van der Waals surface area (Å²) in [4.78, 5) is 4.53. The maximum absolute atomic E-state index is 10.3. The minimum Gasteiger partial charge on any atom is -0.504 e. The summed E-state index contributed by atoms with van der Waals surface area (Å²) in [6, 6.07) is 5.58. The van der Waals surface area contributed by atoms with Crippen LogP contribution in [0.4, 0.5) is 0 Å². The molecule has 168 valence electrons. The third-order valence-corrected chi connectivity index (χ3v) is 5.84. The molecule has 3 N–H and O–H groups in total. The molecule has 5 nitrogen and oxygen atoms in total. The Bertz CT molecular complexity index is 800. The van der Waals surface area contributed by atoms with Gasteiger partial charge in [-0.1, -0.05) is 19.4 Å². The van der Waals surface area contributed by atoms with E-state index in [0.29, 0.717) is 24.4 Å². The molecule has 0 radical (unpaired) electrons. The number of benzene rings is 1. The molecule has 3 rings (SSSR count). The molecule has 0 bridgehead atoms. The van der Waals surface area contributed by atoms with Gasteiger partial charge in [-0.2, -0.15) is 0 Å². The minimum atomic E-state index is -0.0337. The molecule has 2 aliphatic heterocycles. The molecule has 1 aromatic carbocycles. The van der Waals surface area contributed by atoms with Gasteiger partial charge in [0.15, 0.2) is 23.2 Å². The van der Waals surface area contributed by atoms with Crippen LogP contribution in [0.15, 0.2) is 47.1 Å². The quantitative estimate of drug-likeness (QED) is 0.377. The Morgan fingerprint density at radius 2 is 2.19 bits per heavy atom. The highest BCUT2D eigenvalue weighted by molar-refractivity contribution is 5.83. The summed E-state index contributed by atoms with van der Waals surface area (Å²) in [5, 5.41) is 13.5. The first-order valence-electron chi connectivity index (χ1n) is 11.5. The number of unbranched alkanes of at least 4 members (excludes halogenated alkanes) is 1. The predicted molar refractivity (Wildman–Crippen MR) is 127 cm³/mol. The van der Waals surface area contributed by atoms with Crippen molar-refractivity contribution in [1.82, 2.24) is 5.32 Å². The van der Waals surface area contributed by atoms with Crippen molar-refractivity contribution in [3.05, 3.63) is 59.7 Å². The number of ether oxygens (including phenoxy) is 2. The van der Waals surface area contributed by atoms with E-state index in [-0.39, 0.29) is 11.8 Å². The lowest BCUT2D eigenvalue weighted by Gasteiger charge is -2.18. The Hall–Kier alpha value is -2.37. The fourth-order valence-electron chi connectivity index (χ4n) is 3.74. The average Bonchev–Trinajstić information content (AvgIpc) is 3.43. The zero-order valence-corrected chi connectivity index (χ0v) is 19.3. The summed E-state index contributed by atoms with van der Waals surface area (Å²) in [6.07, 6.45) is 15.3. The first kappa shape index (κ1) is 23.3. The predicted octanol–water partition coefficient (Wildman–Crippen LogP) is 4.68. The van der Waals surface area contributed by atoms with E-state index in [1.54, 1.807) is 6.07 Å². The van der Waals surface area contributed by atoms with Crippen molar-refractivity contribution in [2.24, 2.45) is 10.9 Å². The van der Waals surface area contributed by atoms with Crippen LogP contribution >= 0.6 is 0 Å². The number of rotatable bonds is 12. The molecule has 0 saturated carbocycles. The number of aromatic hydroxyl groups is 1. The molecular formula is C26H37N2O3+. The Labute approximate surface area is 187 Å². The fraction of sp³-hybridized carbons (Fsp3) is 0.500. The van der Waals surface area contributed by atoms with Crippen molar-refractivity contribution in [1.29, 1.82) is 0 Å². The van der Waals surface area contributed by atoms with Gasteiger partial charge < -0.3 is 14.6 Å². The number of phenols is 1. The molecule has 31 heavy (non-hydrogen) atoms. The zero-order valence-electron chi connectivity index (χ0n) is 19.3. The van der Waals surface area contributed by atoms with Crippen LogP contribution in [-0.2, 0) is 6.42 Å². The van der Waals surface area contributed by atoms with Crippen LogP contribution in [0.5, 0.6) is 11.5 Å². The molecule has 0 fully saturated rings. The van der Waals surface area contributed by atoms with Crippen LogP contribution in [-0.4, -0.2) is 41.9 Å². The van der Waals surface area contributed by atoms with Crippen LogP contribution in [0.2, 0.25) is 0 Å². The zero-order chi connectivity index (χ0) is 22.2. The lowest BCUT2D eigenvalue weighted by atomic mass is 9.97. The molecule has 2 aliphatic rings. The number of aliphatic imine (C=N–C) groups is 1. The van der Waals surface area contributed by atoms with Crippen molar-refractivity contribution in [2.45, 2.75) is 65.0 Å². The molecule has 0 aliphatic carbocycles. The number of hydrogen-bond acceptors (Lipinski definition) is 4. The summed E-state index contributed by atoms with van der Waals surface area (Å²) in [6.45, 7) is 6.93. The number of aliphatic hydroxyl groups is 2. The normalized spacial score (nSPS) is 18.9. The Balaban J connectivity index is 1.52. The van der Waals surface area contributed by atoms with Gasteiger partial charge in [-0.15, -0.1) is 17.1 Å². The van der Waals surface area contributed by atoms with Crippen molar-refractivity contribution in [3.63, 3.8) is 0 Å². The topological polar surface area (TPSA) is 66.7 Å². The van der Waals surface area contributed by atoms with Gasteiger partial charge in [-0.25, -0.2) is 0 Å². The summed E-state index contributed by atoms with van der Waals surface area (Å²) in [5.41, 5.74) is 2.10.